The number of nitrogens with zero attached hydrogens (tertiary/aromatic N) is 1. The van der Waals surface area contributed by atoms with E-state index in [1.54, 1.807) is 12.1 Å². The second kappa shape index (κ2) is 7.20. The molecule has 134 valence electrons. The van der Waals surface area contributed by atoms with Crippen LogP contribution in [0, 0.1) is 5.82 Å². The summed E-state index contributed by atoms with van der Waals surface area (Å²) in [5, 5.41) is 1.26. The van der Waals surface area contributed by atoms with Crippen molar-refractivity contribution < 1.29 is 13.9 Å². The number of H-pyrrole nitrogens is 1. The quantitative estimate of drug-likeness (QED) is 0.769. The summed E-state index contributed by atoms with van der Waals surface area (Å²) in [6.07, 6.45) is 3.94. The molecule has 0 saturated carbocycles. The number of fused-ring (bicyclic) bond motifs is 1. The Bertz CT molecular complexity index is 913. The van der Waals surface area contributed by atoms with Gasteiger partial charge in [-0.25, -0.2) is 4.39 Å². The third kappa shape index (κ3) is 3.29. The number of hydrogen-bond donors (Lipinski definition) is 1. The maximum atomic E-state index is 13.6. The predicted octanol–water partition coefficient (Wildman–Crippen LogP) is 4.09. The Balaban J connectivity index is 1.34. The highest BCUT2D eigenvalue weighted by atomic mass is 19.1. The molecule has 4 nitrogen and oxygen atoms in total. The van der Waals surface area contributed by atoms with Crippen molar-refractivity contribution in [2.75, 3.05) is 19.7 Å². The number of aromatic amines is 1. The number of likely N-dealkylation sites (tertiary alicyclic amines) is 1. The molecule has 1 aromatic heterocycles. The number of carbonyl (C=O) groups is 1. The molecule has 2 heterocycles. The normalized spacial score (nSPS) is 15.3. The molecule has 1 saturated heterocycles. The Morgan fingerprint density at radius 1 is 1.12 bits per heavy atom. The molecule has 5 heteroatoms. The molecule has 0 aliphatic carbocycles. The maximum Gasteiger partial charge on any atom is 0.260 e. The van der Waals surface area contributed by atoms with Crippen molar-refractivity contribution in [2.24, 2.45) is 0 Å². The average molecular weight is 352 g/mol. The fourth-order valence-electron chi connectivity index (χ4n) is 3.66. The van der Waals surface area contributed by atoms with Crippen LogP contribution < -0.4 is 4.74 Å². The van der Waals surface area contributed by atoms with E-state index in [-0.39, 0.29) is 18.3 Å². The van der Waals surface area contributed by atoms with Gasteiger partial charge in [0.15, 0.2) is 18.2 Å². The van der Waals surface area contributed by atoms with Gasteiger partial charge in [-0.3, -0.25) is 4.79 Å². The van der Waals surface area contributed by atoms with Crippen molar-refractivity contribution in [1.82, 2.24) is 9.88 Å². The number of piperidine rings is 1. The number of nitrogens with one attached hydrogen (secondary N) is 1. The van der Waals surface area contributed by atoms with Gasteiger partial charge in [0, 0.05) is 30.2 Å². The lowest BCUT2D eigenvalue weighted by Crippen LogP contribution is -2.40. The highest BCUT2D eigenvalue weighted by Gasteiger charge is 2.25. The summed E-state index contributed by atoms with van der Waals surface area (Å²) in [4.78, 5) is 17.5. The van der Waals surface area contributed by atoms with E-state index < -0.39 is 5.82 Å². The zero-order valence-corrected chi connectivity index (χ0v) is 14.5. The lowest BCUT2D eigenvalue weighted by Gasteiger charge is -2.32. The van der Waals surface area contributed by atoms with E-state index in [4.69, 9.17) is 4.74 Å². The number of ether oxygens (including phenoxy) is 1. The van der Waals surface area contributed by atoms with Gasteiger partial charge in [0.1, 0.15) is 0 Å². The minimum absolute atomic E-state index is 0.0920. The number of carbonyl (C=O) groups excluding carboxylic acids is 1. The third-order valence-electron chi connectivity index (χ3n) is 5.10. The molecular weight excluding hydrogens is 331 g/mol. The summed E-state index contributed by atoms with van der Waals surface area (Å²) in [5.41, 5.74) is 2.48. The zero-order valence-electron chi connectivity index (χ0n) is 14.5. The third-order valence-corrected chi connectivity index (χ3v) is 5.10. The lowest BCUT2D eigenvalue weighted by atomic mass is 9.89. The van der Waals surface area contributed by atoms with Crippen LogP contribution in [0.1, 0.15) is 24.3 Å². The summed E-state index contributed by atoms with van der Waals surface area (Å²) in [6.45, 7) is 1.27. The molecule has 0 bridgehead atoms. The molecule has 2 aromatic carbocycles. The van der Waals surface area contributed by atoms with Crippen LogP contribution in [0.3, 0.4) is 0 Å². The fourth-order valence-corrected chi connectivity index (χ4v) is 3.66. The summed E-state index contributed by atoms with van der Waals surface area (Å²) in [5.74, 6) is 0.0289. The van der Waals surface area contributed by atoms with Crippen molar-refractivity contribution in [3.63, 3.8) is 0 Å². The number of amides is 1. The molecule has 0 radical (unpaired) electrons. The van der Waals surface area contributed by atoms with Gasteiger partial charge in [0.25, 0.3) is 5.91 Å². The van der Waals surface area contributed by atoms with Crippen LogP contribution in [0.5, 0.6) is 5.75 Å². The number of rotatable bonds is 4. The van der Waals surface area contributed by atoms with E-state index in [1.807, 2.05) is 11.0 Å². The number of benzene rings is 2. The molecule has 0 unspecified atom stereocenters. The van der Waals surface area contributed by atoms with E-state index in [0.717, 1.165) is 18.4 Å². The summed E-state index contributed by atoms with van der Waals surface area (Å²) >= 11 is 0. The molecule has 26 heavy (non-hydrogen) atoms. The molecule has 4 rings (SSSR count). The highest BCUT2D eigenvalue weighted by molar-refractivity contribution is 5.83. The molecule has 1 fully saturated rings. The monoisotopic (exact) mass is 352 g/mol. The Morgan fingerprint density at radius 3 is 2.65 bits per heavy atom. The van der Waals surface area contributed by atoms with Crippen LogP contribution in [-0.4, -0.2) is 35.5 Å². The molecule has 3 aromatic rings. The number of halogens is 1. The van der Waals surface area contributed by atoms with E-state index in [9.17, 15) is 9.18 Å². The number of hydrogen-bond acceptors (Lipinski definition) is 2. The van der Waals surface area contributed by atoms with Crippen molar-refractivity contribution in [3.05, 3.63) is 66.1 Å². The molecule has 1 aliphatic heterocycles. The van der Waals surface area contributed by atoms with Gasteiger partial charge in [0.05, 0.1) is 0 Å². The minimum atomic E-state index is -0.446. The first kappa shape index (κ1) is 16.6. The largest absolute Gasteiger partial charge is 0.481 e. The van der Waals surface area contributed by atoms with E-state index in [0.29, 0.717) is 19.0 Å². The highest BCUT2D eigenvalue weighted by Crippen LogP contribution is 2.33. The van der Waals surface area contributed by atoms with E-state index in [1.165, 1.54) is 23.1 Å². The van der Waals surface area contributed by atoms with Gasteiger partial charge in [0.2, 0.25) is 0 Å². The minimum Gasteiger partial charge on any atom is -0.481 e. The second-order valence-corrected chi connectivity index (χ2v) is 6.66. The molecule has 1 amide bonds. The first-order chi connectivity index (χ1) is 12.7. The SMILES string of the molecule is O=C(COc1ccccc1F)N1CCC(c2c[nH]c3ccccc23)CC1. The van der Waals surface area contributed by atoms with Crippen LogP contribution in [0.15, 0.2) is 54.7 Å². The van der Waals surface area contributed by atoms with Crippen LogP contribution in [-0.2, 0) is 4.79 Å². The van der Waals surface area contributed by atoms with Gasteiger partial charge in [-0.15, -0.1) is 0 Å². The molecule has 0 spiro atoms. The maximum absolute atomic E-state index is 13.6. The van der Waals surface area contributed by atoms with Gasteiger partial charge >= 0.3 is 0 Å². The number of para-hydroxylation sites is 2. The molecule has 1 N–H and O–H groups in total. The van der Waals surface area contributed by atoms with Crippen LogP contribution in [0.4, 0.5) is 4.39 Å². The lowest BCUT2D eigenvalue weighted by molar-refractivity contribution is -0.134. The summed E-state index contributed by atoms with van der Waals surface area (Å²) < 4.78 is 18.9. The van der Waals surface area contributed by atoms with Gasteiger partial charge in [-0.05, 0) is 42.5 Å². The van der Waals surface area contributed by atoms with Crippen LogP contribution in [0.25, 0.3) is 10.9 Å². The van der Waals surface area contributed by atoms with Crippen LogP contribution >= 0.6 is 0 Å². The van der Waals surface area contributed by atoms with Gasteiger partial charge in [-0.2, -0.15) is 0 Å². The molecule has 1 aliphatic rings. The van der Waals surface area contributed by atoms with Crippen molar-refractivity contribution in [3.8, 4) is 5.75 Å². The van der Waals surface area contributed by atoms with Crippen molar-refractivity contribution in [1.29, 1.82) is 0 Å². The van der Waals surface area contributed by atoms with Gasteiger partial charge in [-0.1, -0.05) is 30.3 Å². The first-order valence-electron chi connectivity index (χ1n) is 8.93. The Labute approximate surface area is 151 Å². The zero-order chi connectivity index (χ0) is 17.9. The summed E-state index contributed by atoms with van der Waals surface area (Å²) in [6, 6.07) is 14.4. The topological polar surface area (TPSA) is 45.3 Å². The molecule has 0 atom stereocenters. The smallest absolute Gasteiger partial charge is 0.260 e. The molecular formula is C21H21FN2O2. The Hall–Kier alpha value is -2.82. The van der Waals surface area contributed by atoms with E-state index >= 15 is 0 Å². The second-order valence-electron chi connectivity index (χ2n) is 6.66. The van der Waals surface area contributed by atoms with Crippen LogP contribution in [0.2, 0.25) is 0 Å². The number of aromatic nitrogens is 1. The van der Waals surface area contributed by atoms with Crippen molar-refractivity contribution >= 4 is 16.8 Å². The Morgan fingerprint density at radius 2 is 1.85 bits per heavy atom. The Kier molecular flexibility index (Phi) is 4.61. The standard InChI is InChI=1S/C21H21FN2O2/c22-18-6-2-4-8-20(18)26-14-21(25)24-11-9-15(10-12-24)17-13-23-19-7-3-1-5-16(17)19/h1-8,13,15,23H,9-12,14H2. The fraction of sp³-hybridized carbons (Fsp3) is 0.286. The summed E-state index contributed by atoms with van der Waals surface area (Å²) in [7, 11) is 0. The van der Waals surface area contributed by atoms with Crippen molar-refractivity contribution in [2.45, 2.75) is 18.8 Å². The average Bonchev–Trinajstić information content (AvgIpc) is 3.11. The predicted molar refractivity (Wildman–Crippen MR) is 98.7 cm³/mol. The van der Waals surface area contributed by atoms with E-state index in [2.05, 4.69) is 29.4 Å². The van der Waals surface area contributed by atoms with Gasteiger partial charge < -0.3 is 14.6 Å². The first-order valence-corrected chi connectivity index (χ1v) is 8.93.